The van der Waals surface area contributed by atoms with E-state index in [1.165, 1.54) is 83.8 Å². The molecule has 2 aliphatic carbocycles. The molecule has 3 rings (SSSR count). The average molecular weight is 278 g/mol. The minimum Gasteiger partial charge on any atom is -0.314 e. The Balaban J connectivity index is 1.72. The van der Waals surface area contributed by atoms with Crippen LogP contribution >= 0.6 is 0 Å². The SMILES string of the molecule is CC1(C)CCCC(N2CCNCC23CCCCC3)CC1. The van der Waals surface area contributed by atoms with Crippen LogP contribution in [0.4, 0.5) is 0 Å². The molecule has 1 unspecified atom stereocenters. The van der Waals surface area contributed by atoms with E-state index in [-0.39, 0.29) is 0 Å². The van der Waals surface area contributed by atoms with Gasteiger partial charge < -0.3 is 5.32 Å². The summed E-state index contributed by atoms with van der Waals surface area (Å²) in [4.78, 5) is 2.98. The first kappa shape index (κ1) is 14.8. The summed E-state index contributed by atoms with van der Waals surface area (Å²) in [6, 6.07) is 0.872. The highest BCUT2D eigenvalue weighted by atomic mass is 15.3. The first-order chi connectivity index (χ1) is 9.61. The molecule has 1 N–H and O–H groups in total. The van der Waals surface area contributed by atoms with E-state index in [4.69, 9.17) is 0 Å². The van der Waals surface area contributed by atoms with Crippen LogP contribution in [-0.2, 0) is 0 Å². The molecule has 2 nitrogen and oxygen atoms in total. The van der Waals surface area contributed by atoms with Crippen molar-refractivity contribution in [1.29, 1.82) is 0 Å². The van der Waals surface area contributed by atoms with Crippen molar-refractivity contribution in [2.24, 2.45) is 5.41 Å². The van der Waals surface area contributed by atoms with Gasteiger partial charge in [0.05, 0.1) is 0 Å². The zero-order valence-corrected chi connectivity index (χ0v) is 13.7. The fourth-order valence-corrected chi connectivity index (χ4v) is 5.06. The zero-order chi connectivity index (χ0) is 14.1. The molecule has 3 fully saturated rings. The van der Waals surface area contributed by atoms with E-state index in [0.717, 1.165) is 6.04 Å². The van der Waals surface area contributed by atoms with Crippen LogP contribution in [0.15, 0.2) is 0 Å². The van der Waals surface area contributed by atoms with Gasteiger partial charge in [0.15, 0.2) is 0 Å². The second-order valence-corrected chi connectivity index (χ2v) is 8.40. The number of hydrogen-bond donors (Lipinski definition) is 1. The molecule has 0 radical (unpaired) electrons. The van der Waals surface area contributed by atoms with Gasteiger partial charge in [-0.2, -0.15) is 0 Å². The molecular weight excluding hydrogens is 244 g/mol. The summed E-state index contributed by atoms with van der Waals surface area (Å²) in [5.74, 6) is 0. The van der Waals surface area contributed by atoms with Crippen LogP contribution in [0.1, 0.15) is 78.1 Å². The monoisotopic (exact) mass is 278 g/mol. The summed E-state index contributed by atoms with van der Waals surface area (Å²) >= 11 is 0. The van der Waals surface area contributed by atoms with E-state index >= 15 is 0 Å². The highest BCUT2D eigenvalue weighted by molar-refractivity contribution is 5.01. The van der Waals surface area contributed by atoms with Crippen molar-refractivity contribution < 1.29 is 0 Å². The second kappa shape index (κ2) is 5.96. The first-order valence-electron chi connectivity index (χ1n) is 9.09. The van der Waals surface area contributed by atoms with Crippen LogP contribution < -0.4 is 5.32 Å². The molecule has 1 heterocycles. The average Bonchev–Trinajstić information content (AvgIpc) is 2.61. The van der Waals surface area contributed by atoms with Gasteiger partial charge in [-0.05, 0) is 43.9 Å². The second-order valence-electron chi connectivity index (χ2n) is 8.40. The van der Waals surface area contributed by atoms with Gasteiger partial charge in [-0.15, -0.1) is 0 Å². The van der Waals surface area contributed by atoms with Crippen LogP contribution in [0.3, 0.4) is 0 Å². The third-order valence-corrected chi connectivity index (χ3v) is 6.36. The van der Waals surface area contributed by atoms with Crippen LogP contribution in [0.25, 0.3) is 0 Å². The number of rotatable bonds is 1. The predicted molar refractivity (Wildman–Crippen MR) is 86.0 cm³/mol. The summed E-state index contributed by atoms with van der Waals surface area (Å²) in [5.41, 5.74) is 1.11. The Morgan fingerprint density at radius 3 is 2.50 bits per heavy atom. The maximum Gasteiger partial charge on any atom is 0.0337 e. The molecule has 0 aromatic carbocycles. The Morgan fingerprint density at radius 1 is 0.900 bits per heavy atom. The fraction of sp³-hybridized carbons (Fsp3) is 1.00. The number of hydrogen-bond acceptors (Lipinski definition) is 2. The summed E-state index contributed by atoms with van der Waals surface area (Å²) < 4.78 is 0. The minimum atomic E-state index is 0.523. The standard InChI is InChI=1S/C18H34N2/c1-17(2)9-6-7-16(8-12-17)20-14-13-19-15-18(20)10-4-3-5-11-18/h16,19H,3-15H2,1-2H3. The lowest BCUT2D eigenvalue weighted by molar-refractivity contribution is -0.0127. The Bertz CT molecular complexity index is 309. The van der Waals surface area contributed by atoms with Gasteiger partial charge in [-0.3, -0.25) is 4.90 Å². The number of nitrogens with one attached hydrogen (secondary N) is 1. The van der Waals surface area contributed by atoms with E-state index in [2.05, 4.69) is 24.1 Å². The number of nitrogens with zero attached hydrogens (tertiary/aromatic N) is 1. The maximum absolute atomic E-state index is 3.70. The topological polar surface area (TPSA) is 15.3 Å². The molecule has 0 aromatic heterocycles. The summed E-state index contributed by atoms with van der Waals surface area (Å²) in [6.45, 7) is 8.71. The lowest BCUT2D eigenvalue weighted by Crippen LogP contribution is -2.64. The molecule has 116 valence electrons. The van der Waals surface area contributed by atoms with E-state index in [1.54, 1.807) is 0 Å². The Hall–Kier alpha value is -0.0800. The Kier molecular flexibility index (Phi) is 4.42. The molecule has 0 aromatic rings. The highest BCUT2D eigenvalue weighted by Crippen LogP contribution is 2.41. The van der Waals surface area contributed by atoms with Gasteiger partial charge in [0.2, 0.25) is 0 Å². The Labute approximate surface area is 125 Å². The van der Waals surface area contributed by atoms with E-state index in [1.807, 2.05) is 0 Å². The van der Waals surface area contributed by atoms with Gasteiger partial charge in [-0.25, -0.2) is 0 Å². The predicted octanol–water partition coefficient (Wildman–Crippen LogP) is 3.95. The van der Waals surface area contributed by atoms with Crippen LogP contribution in [0, 0.1) is 5.41 Å². The molecular formula is C18H34N2. The van der Waals surface area contributed by atoms with Gasteiger partial charge in [-0.1, -0.05) is 39.5 Å². The molecule has 1 aliphatic heterocycles. The molecule has 0 bridgehead atoms. The summed E-state index contributed by atoms with van der Waals surface area (Å²) in [7, 11) is 0. The molecule has 0 amide bonds. The molecule has 3 aliphatic rings. The quantitative estimate of drug-likeness (QED) is 0.731. The largest absolute Gasteiger partial charge is 0.314 e. The molecule has 1 saturated heterocycles. The smallest absolute Gasteiger partial charge is 0.0337 e. The van der Waals surface area contributed by atoms with Gasteiger partial charge >= 0.3 is 0 Å². The summed E-state index contributed by atoms with van der Waals surface area (Å²) in [5, 5.41) is 3.70. The highest BCUT2D eigenvalue weighted by Gasteiger charge is 2.43. The van der Waals surface area contributed by atoms with E-state index < -0.39 is 0 Å². The molecule has 1 atom stereocenters. The molecule has 1 spiro atoms. The third-order valence-electron chi connectivity index (χ3n) is 6.36. The lowest BCUT2D eigenvalue weighted by Gasteiger charge is -2.53. The van der Waals surface area contributed by atoms with Crippen molar-refractivity contribution in [2.45, 2.75) is 89.6 Å². The van der Waals surface area contributed by atoms with Crippen molar-refractivity contribution in [3.05, 3.63) is 0 Å². The fourth-order valence-electron chi connectivity index (χ4n) is 5.06. The third kappa shape index (κ3) is 3.06. The molecule has 20 heavy (non-hydrogen) atoms. The van der Waals surface area contributed by atoms with Crippen LogP contribution in [0.5, 0.6) is 0 Å². The van der Waals surface area contributed by atoms with Crippen LogP contribution in [0.2, 0.25) is 0 Å². The minimum absolute atomic E-state index is 0.523. The normalized spacial score (nSPS) is 34.8. The first-order valence-corrected chi connectivity index (χ1v) is 9.09. The van der Waals surface area contributed by atoms with Crippen molar-refractivity contribution in [3.63, 3.8) is 0 Å². The van der Waals surface area contributed by atoms with Crippen molar-refractivity contribution in [3.8, 4) is 0 Å². The molecule has 2 saturated carbocycles. The number of piperazine rings is 1. The van der Waals surface area contributed by atoms with Crippen molar-refractivity contribution in [1.82, 2.24) is 10.2 Å². The summed E-state index contributed by atoms with van der Waals surface area (Å²) in [6.07, 6.45) is 14.5. The van der Waals surface area contributed by atoms with Gasteiger partial charge in [0, 0.05) is 31.2 Å². The maximum atomic E-state index is 3.70. The van der Waals surface area contributed by atoms with Gasteiger partial charge in [0.25, 0.3) is 0 Å². The van der Waals surface area contributed by atoms with Crippen molar-refractivity contribution >= 4 is 0 Å². The lowest BCUT2D eigenvalue weighted by atomic mass is 9.77. The van der Waals surface area contributed by atoms with Gasteiger partial charge in [0.1, 0.15) is 0 Å². The van der Waals surface area contributed by atoms with E-state index in [9.17, 15) is 0 Å². The van der Waals surface area contributed by atoms with Crippen molar-refractivity contribution in [2.75, 3.05) is 19.6 Å². The zero-order valence-electron chi connectivity index (χ0n) is 13.7. The van der Waals surface area contributed by atoms with E-state index in [0.29, 0.717) is 11.0 Å². The molecule has 2 heteroatoms. The Morgan fingerprint density at radius 2 is 1.70 bits per heavy atom. The van der Waals surface area contributed by atoms with Crippen LogP contribution in [-0.4, -0.2) is 36.1 Å².